The van der Waals surface area contributed by atoms with Gasteiger partial charge in [0.1, 0.15) is 0 Å². The average Bonchev–Trinajstić information content (AvgIpc) is 2.83. The van der Waals surface area contributed by atoms with Gasteiger partial charge in [0, 0.05) is 31.3 Å². The van der Waals surface area contributed by atoms with Crippen molar-refractivity contribution in [2.75, 3.05) is 6.54 Å². The Morgan fingerprint density at radius 1 is 1.28 bits per heavy atom. The van der Waals surface area contributed by atoms with Crippen molar-refractivity contribution in [3.63, 3.8) is 0 Å². The van der Waals surface area contributed by atoms with E-state index in [4.69, 9.17) is 5.11 Å². The number of hydrogen-bond donors (Lipinski definition) is 4. The van der Waals surface area contributed by atoms with Crippen LogP contribution in [0.4, 0.5) is 4.79 Å². The lowest BCUT2D eigenvalue weighted by molar-refractivity contribution is -0.137. The molecule has 18 heavy (non-hydrogen) atoms. The lowest BCUT2D eigenvalue weighted by atomic mass is 10.2. The molecule has 0 fully saturated rings. The minimum absolute atomic E-state index is 0.187. The van der Waals surface area contributed by atoms with Crippen LogP contribution in [0.5, 0.6) is 0 Å². The molecule has 7 heteroatoms. The molecule has 0 aliphatic heterocycles. The molecule has 0 saturated carbocycles. The number of hydrogen-bond acceptors (Lipinski definition) is 3. The fourth-order valence-corrected chi connectivity index (χ4v) is 1.40. The zero-order valence-electron chi connectivity index (χ0n) is 10.1. The predicted molar refractivity (Wildman–Crippen MR) is 64.9 cm³/mol. The van der Waals surface area contributed by atoms with Gasteiger partial charge in [-0.05, 0) is 12.8 Å². The monoisotopic (exact) mass is 254 g/mol. The van der Waals surface area contributed by atoms with Gasteiger partial charge in [0.25, 0.3) is 0 Å². The van der Waals surface area contributed by atoms with Crippen molar-refractivity contribution in [1.29, 1.82) is 0 Å². The number of nitrogens with one attached hydrogen (secondary N) is 3. The zero-order valence-corrected chi connectivity index (χ0v) is 10.1. The lowest BCUT2D eigenvalue weighted by Crippen LogP contribution is -2.35. The van der Waals surface area contributed by atoms with Crippen molar-refractivity contribution in [2.45, 2.75) is 32.2 Å². The molecule has 4 N–H and O–H groups in total. The largest absolute Gasteiger partial charge is 0.481 e. The normalized spacial score (nSPS) is 10.0. The molecule has 1 aromatic rings. The van der Waals surface area contributed by atoms with Gasteiger partial charge in [-0.25, -0.2) is 4.79 Å². The molecule has 0 saturated heterocycles. The second kappa shape index (κ2) is 8.10. The number of nitrogens with zero attached hydrogens (tertiary/aromatic N) is 1. The summed E-state index contributed by atoms with van der Waals surface area (Å²) in [6.07, 6.45) is 5.78. The molecule has 0 aromatic carbocycles. The van der Waals surface area contributed by atoms with Crippen molar-refractivity contribution in [3.05, 3.63) is 18.0 Å². The summed E-state index contributed by atoms with van der Waals surface area (Å²) in [5, 5.41) is 20.3. The first-order chi connectivity index (χ1) is 8.68. The standard InChI is InChI=1S/C11H18N4O3/c16-10(17)4-2-1-3-5-12-11(18)13-6-9-7-14-15-8-9/h7-8H,1-6H2,(H,14,15)(H,16,17)(H2,12,13,18). The Morgan fingerprint density at radius 2 is 2.11 bits per heavy atom. The number of aromatic amines is 1. The minimum Gasteiger partial charge on any atom is -0.481 e. The van der Waals surface area contributed by atoms with Crippen LogP contribution in [0.15, 0.2) is 12.4 Å². The number of carboxylic acids is 1. The third-order valence-electron chi connectivity index (χ3n) is 2.36. The van der Waals surface area contributed by atoms with E-state index in [-0.39, 0.29) is 12.5 Å². The summed E-state index contributed by atoms with van der Waals surface area (Å²) in [5.74, 6) is -0.777. The van der Waals surface area contributed by atoms with Gasteiger partial charge in [-0.2, -0.15) is 5.10 Å². The van der Waals surface area contributed by atoms with Crippen LogP contribution in [0, 0.1) is 0 Å². The van der Waals surface area contributed by atoms with E-state index in [0.717, 1.165) is 18.4 Å². The molecule has 0 spiro atoms. The highest BCUT2D eigenvalue weighted by atomic mass is 16.4. The molecule has 7 nitrogen and oxygen atoms in total. The van der Waals surface area contributed by atoms with Crippen LogP contribution in [0.2, 0.25) is 0 Å². The van der Waals surface area contributed by atoms with Gasteiger partial charge in [-0.1, -0.05) is 6.42 Å². The number of carbonyl (C=O) groups is 2. The highest BCUT2D eigenvalue weighted by Crippen LogP contribution is 1.98. The van der Waals surface area contributed by atoms with Gasteiger partial charge in [0.15, 0.2) is 0 Å². The smallest absolute Gasteiger partial charge is 0.315 e. The molecule has 100 valence electrons. The van der Waals surface area contributed by atoms with Crippen LogP contribution < -0.4 is 10.6 Å². The molecule has 2 amide bonds. The summed E-state index contributed by atoms with van der Waals surface area (Å²) in [6, 6.07) is -0.227. The summed E-state index contributed by atoms with van der Waals surface area (Å²) in [5.41, 5.74) is 0.909. The number of aliphatic carboxylic acids is 1. The Kier molecular flexibility index (Phi) is 6.31. The molecule has 0 bridgehead atoms. The summed E-state index contributed by atoms with van der Waals surface area (Å²) < 4.78 is 0. The van der Waals surface area contributed by atoms with Crippen LogP contribution in [0.25, 0.3) is 0 Å². The van der Waals surface area contributed by atoms with E-state index in [1.54, 1.807) is 12.4 Å². The van der Waals surface area contributed by atoms with Gasteiger partial charge < -0.3 is 15.7 Å². The van der Waals surface area contributed by atoms with Crippen LogP contribution in [-0.2, 0) is 11.3 Å². The van der Waals surface area contributed by atoms with Crippen LogP contribution >= 0.6 is 0 Å². The minimum atomic E-state index is -0.777. The third-order valence-corrected chi connectivity index (χ3v) is 2.36. The molecule has 0 unspecified atom stereocenters. The molecule has 1 heterocycles. The van der Waals surface area contributed by atoms with E-state index in [9.17, 15) is 9.59 Å². The Labute approximate surface area is 105 Å². The highest BCUT2D eigenvalue weighted by Gasteiger charge is 2.01. The molecular formula is C11H18N4O3. The predicted octanol–water partition coefficient (Wildman–Crippen LogP) is 0.854. The number of carboxylic acid groups (broad SMARTS) is 1. The summed E-state index contributed by atoms with van der Waals surface area (Å²) in [6.45, 7) is 0.984. The highest BCUT2D eigenvalue weighted by molar-refractivity contribution is 5.73. The SMILES string of the molecule is O=C(O)CCCCCNC(=O)NCc1cn[nH]c1. The number of amides is 2. The number of urea groups is 1. The van der Waals surface area contributed by atoms with Crippen molar-refractivity contribution in [3.8, 4) is 0 Å². The molecule has 0 aliphatic rings. The second-order valence-electron chi connectivity index (χ2n) is 3.92. The van der Waals surface area contributed by atoms with Crippen LogP contribution in [0.1, 0.15) is 31.2 Å². The van der Waals surface area contributed by atoms with Crippen molar-refractivity contribution < 1.29 is 14.7 Å². The molecule has 0 atom stereocenters. The average molecular weight is 254 g/mol. The van der Waals surface area contributed by atoms with Crippen molar-refractivity contribution in [1.82, 2.24) is 20.8 Å². The van der Waals surface area contributed by atoms with Crippen LogP contribution in [0.3, 0.4) is 0 Å². The summed E-state index contributed by atoms with van der Waals surface area (Å²) in [7, 11) is 0. The quantitative estimate of drug-likeness (QED) is 0.516. The first kappa shape index (κ1) is 14.0. The maximum Gasteiger partial charge on any atom is 0.315 e. The number of aromatic nitrogens is 2. The molecule has 1 rings (SSSR count). The van der Waals surface area contributed by atoms with E-state index in [1.165, 1.54) is 0 Å². The van der Waals surface area contributed by atoms with Gasteiger partial charge in [0.2, 0.25) is 0 Å². The molecule has 0 aliphatic carbocycles. The molecule has 1 aromatic heterocycles. The van der Waals surface area contributed by atoms with Gasteiger partial charge in [-0.3, -0.25) is 9.89 Å². The fraction of sp³-hybridized carbons (Fsp3) is 0.545. The summed E-state index contributed by atoms with van der Waals surface area (Å²) >= 11 is 0. The molecule has 0 radical (unpaired) electrons. The maximum absolute atomic E-state index is 11.3. The maximum atomic E-state index is 11.3. The van der Waals surface area contributed by atoms with E-state index in [0.29, 0.717) is 19.5 Å². The van der Waals surface area contributed by atoms with Crippen molar-refractivity contribution >= 4 is 12.0 Å². The Hall–Kier alpha value is -2.05. The number of H-pyrrole nitrogens is 1. The zero-order chi connectivity index (χ0) is 13.2. The second-order valence-corrected chi connectivity index (χ2v) is 3.92. The Balaban J connectivity index is 1.95. The van der Waals surface area contributed by atoms with E-state index >= 15 is 0 Å². The fourth-order valence-electron chi connectivity index (χ4n) is 1.40. The first-order valence-electron chi connectivity index (χ1n) is 5.89. The van der Waals surface area contributed by atoms with Gasteiger partial charge in [0.05, 0.1) is 6.20 Å². The Morgan fingerprint density at radius 3 is 2.78 bits per heavy atom. The van der Waals surface area contributed by atoms with Crippen molar-refractivity contribution in [2.24, 2.45) is 0 Å². The summed E-state index contributed by atoms with van der Waals surface area (Å²) in [4.78, 5) is 21.6. The Bertz CT molecular complexity index is 364. The number of carbonyl (C=O) groups excluding carboxylic acids is 1. The lowest BCUT2D eigenvalue weighted by Gasteiger charge is -2.06. The first-order valence-corrected chi connectivity index (χ1v) is 5.89. The molecular weight excluding hydrogens is 236 g/mol. The van der Waals surface area contributed by atoms with E-state index in [1.807, 2.05) is 0 Å². The van der Waals surface area contributed by atoms with Crippen LogP contribution in [-0.4, -0.2) is 33.8 Å². The number of rotatable bonds is 8. The van der Waals surface area contributed by atoms with E-state index < -0.39 is 5.97 Å². The van der Waals surface area contributed by atoms with E-state index in [2.05, 4.69) is 20.8 Å². The topological polar surface area (TPSA) is 107 Å². The van der Waals surface area contributed by atoms with Gasteiger partial charge >= 0.3 is 12.0 Å². The third kappa shape index (κ3) is 6.51. The van der Waals surface area contributed by atoms with Gasteiger partial charge in [-0.15, -0.1) is 0 Å². The number of unbranched alkanes of at least 4 members (excludes halogenated alkanes) is 2.